The first kappa shape index (κ1) is 15.4. The van der Waals surface area contributed by atoms with Crippen LogP contribution in [0, 0.1) is 5.82 Å². The first-order chi connectivity index (χ1) is 9.52. The molecule has 112 valence electrons. The molecule has 1 aliphatic rings. The van der Waals surface area contributed by atoms with Crippen molar-refractivity contribution in [3.05, 3.63) is 35.6 Å². The Balaban J connectivity index is 2.09. The highest BCUT2D eigenvalue weighted by Crippen LogP contribution is 2.22. The number of hydrogen-bond acceptors (Lipinski definition) is 4. The maximum Gasteiger partial charge on any atom is 0.151 e. The van der Waals surface area contributed by atoms with Crippen LogP contribution >= 0.6 is 0 Å². The van der Waals surface area contributed by atoms with E-state index in [0.717, 1.165) is 25.2 Å². The Morgan fingerprint density at radius 3 is 2.95 bits per heavy atom. The highest BCUT2D eigenvalue weighted by atomic mass is 32.2. The van der Waals surface area contributed by atoms with Gasteiger partial charge in [0.15, 0.2) is 9.84 Å². The lowest BCUT2D eigenvalue weighted by Gasteiger charge is -2.36. The Bertz CT molecular complexity index is 548. The van der Waals surface area contributed by atoms with E-state index < -0.39 is 9.84 Å². The van der Waals surface area contributed by atoms with Crippen molar-refractivity contribution in [2.45, 2.75) is 13.0 Å². The third-order valence-electron chi connectivity index (χ3n) is 3.72. The molecule has 1 heterocycles. The largest absolute Gasteiger partial charge is 0.314 e. The van der Waals surface area contributed by atoms with E-state index >= 15 is 0 Å². The van der Waals surface area contributed by atoms with Crippen LogP contribution in [0.5, 0.6) is 0 Å². The second kappa shape index (κ2) is 6.65. The number of hydrogen-bond donors (Lipinski definition) is 1. The van der Waals surface area contributed by atoms with Gasteiger partial charge in [-0.3, -0.25) is 4.90 Å². The van der Waals surface area contributed by atoms with Crippen LogP contribution in [0.2, 0.25) is 0 Å². The minimum atomic E-state index is -2.97. The molecule has 20 heavy (non-hydrogen) atoms. The van der Waals surface area contributed by atoms with Gasteiger partial charge in [-0.2, -0.15) is 0 Å². The van der Waals surface area contributed by atoms with E-state index in [1.165, 1.54) is 12.1 Å². The zero-order valence-corrected chi connectivity index (χ0v) is 12.5. The summed E-state index contributed by atoms with van der Waals surface area (Å²) in [6.07, 6.45) is 0. The number of halogens is 1. The lowest BCUT2D eigenvalue weighted by molar-refractivity contribution is 0.171. The van der Waals surface area contributed by atoms with Crippen molar-refractivity contribution >= 4 is 9.84 Å². The van der Waals surface area contributed by atoms with E-state index in [4.69, 9.17) is 0 Å². The third-order valence-corrected chi connectivity index (χ3v) is 5.40. The van der Waals surface area contributed by atoms with Crippen molar-refractivity contribution in [2.75, 3.05) is 37.7 Å². The second-order valence-corrected chi connectivity index (χ2v) is 7.52. The molecule has 0 aliphatic carbocycles. The Kier molecular flexibility index (Phi) is 5.12. The number of piperazine rings is 1. The molecule has 1 N–H and O–H groups in total. The predicted octanol–water partition coefficient (Wildman–Crippen LogP) is 1.21. The molecular formula is C14H21FN2O2S. The van der Waals surface area contributed by atoms with E-state index in [1.54, 1.807) is 13.0 Å². The van der Waals surface area contributed by atoms with Gasteiger partial charge in [-0.05, 0) is 17.7 Å². The second-order valence-electron chi connectivity index (χ2n) is 5.05. The summed E-state index contributed by atoms with van der Waals surface area (Å²) >= 11 is 0. The highest BCUT2D eigenvalue weighted by Gasteiger charge is 2.25. The predicted molar refractivity (Wildman–Crippen MR) is 77.9 cm³/mol. The maximum absolute atomic E-state index is 13.3. The van der Waals surface area contributed by atoms with Crippen molar-refractivity contribution in [3.63, 3.8) is 0 Å². The molecule has 0 aromatic heterocycles. The molecule has 2 rings (SSSR count). The molecule has 0 bridgehead atoms. The molecule has 1 aromatic rings. The summed E-state index contributed by atoms with van der Waals surface area (Å²) in [5, 5.41) is 3.28. The quantitative estimate of drug-likeness (QED) is 0.888. The maximum atomic E-state index is 13.3. The Morgan fingerprint density at radius 1 is 1.45 bits per heavy atom. The average Bonchev–Trinajstić information content (AvgIpc) is 2.45. The fraction of sp³-hybridized carbons (Fsp3) is 0.571. The first-order valence-electron chi connectivity index (χ1n) is 6.92. The molecule has 0 amide bonds. The third kappa shape index (κ3) is 4.01. The van der Waals surface area contributed by atoms with Gasteiger partial charge in [0.1, 0.15) is 5.82 Å². The van der Waals surface area contributed by atoms with Crippen molar-refractivity contribution in [1.29, 1.82) is 0 Å². The molecule has 0 saturated carbocycles. The van der Waals surface area contributed by atoms with Gasteiger partial charge >= 0.3 is 0 Å². The Labute approximate surface area is 119 Å². The Morgan fingerprint density at radius 2 is 2.25 bits per heavy atom. The minimum absolute atomic E-state index is 0.0338. The standard InChI is InChI=1S/C14H21FN2O2S/c1-2-20(18,19)9-8-17-7-6-16-11-14(17)12-4-3-5-13(15)10-12/h3-5,10,14,16H,2,6-9,11H2,1H3. The number of nitrogens with one attached hydrogen (secondary N) is 1. The van der Waals surface area contributed by atoms with Gasteiger partial charge in [-0.1, -0.05) is 19.1 Å². The van der Waals surface area contributed by atoms with Gasteiger partial charge in [0, 0.05) is 38.0 Å². The van der Waals surface area contributed by atoms with E-state index in [9.17, 15) is 12.8 Å². The van der Waals surface area contributed by atoms with Crippen LogP contribution in [0.4, 0.5) is 4.39 Å². The normalized spacial score (nSPS) is 21.0. The van der Waals surface area contributed by atoms with Gasteiger partial charge in [0.2, 0.25) is 0 Å². The topological polar surface area (TPSA) is 49.4 Å². The van der Waals surface area contributed by atoms with E-state index in [2.05, 4.69) is 10.2 Å². The highest BCUT2D eigenvalue weighted by molar-refractivity contribution is 7.91. The average molecular weight is 300 g/mol. The summed E-state index contributed by atoms with van der Waals surface area (Å²) in [6.45, 7) is 4.49. The number of sulfone groups is 1. The van der Waals surface area contributed by atoms with Crippen molar-refractivity contribution in [1.82, 2.24) is 10.2 Å². The van der Waals surface area contributed by atoms with E-state index in [1.807, 2.05) is 6.07 Å². The van der Waals surface area contributed by atoms with E-state index in [0.29, 0.717) is 6.54 Å². The molecular weight excluding hydrogens is 279 g/mol. The van der Waals surface area contributed by atoms with Crippen molar-refractivity contribution in [2.24, 2.45) is 0 Å². The molecule has 1 unspecified atom stereocenters. The number of rotatable bonds is 5. The summed E-state index contributed by atoms with van der Waals surface area (Å²) in [7, 11) is -2.97. The fourth-order valence-electron chi connectivity index (χ4n) is 2.46. The molecule has 0 radical (unpaired) electrons. The van der Waals surface area contributed by atoms with Crippen LogP contribution in [0.1, 0.15) is 18.5 Å². The van der Waals surface area contributed by atoms with Gasteiger partial charge in [-0.25, -0.2) is 12.8 Å². The smallest absolute Gasteiger partial charge is 0.151 e. The van der Waals surface area contributed by atoms with Crippen molar-refractivity contribution < 1.29 is 12.8 Å². The SMILES string of the molecule is CCS(=O)(=O)CCN1CCNCC1c1cccc(F)c1. The summed E-state index contributed by atoms with van der Waals surface area (Å²) < 4.78 is 36.6. The van der Waals surface area contributed by atoms with Crippen LogP contribution < -0.4 is 5.32 Å². The molecule has 1 fully saturated rings. The summed E-state index contributed by atoms with van der Waals surface area (Å²) in [6, 6.07) is 6.57. The molecule has 0 spiro atoms. The molecule has 1 aromatic carbocycles. The van der Waals surface area contributed by atoms with E-state index in [-0.39, 0.29) is 23.4 Å². The number of benzene rings is 1. The van der Waals surface area contributed by atoms with Crippen LogP contribution in [0.25, 0.3) is 0 Å². The van der Waals surface area contributed by atoms with Gasteiger partial charge in [0.25, 0.3) is 0 Å². The molecule has 6 heteroatoms. The van der Waals surface area contributed by atoms with Crippen molar-refractivity contribution in [3.8, 4) is 0 Å². The summed E-state index contributed by atoms with van der Waals surface area (Å²) in [5.41, 5.74) is 0.895. The molecule has 1 saturated heterocycles. The number of nitrogens with zero attached hydrogens (tertiary/aromatic N) is 1. The van der Waals surface area contributed by atoms with Gasteiger partial charge in [0.05, 0.1) is 5.75 Å². The van der Waals surface area contributed by atoms with Crippen LogP contribution in [0.15, 0.2) is 24.3 Å². The molecule has 1 aliphatic heterocycles. The lowest BCUT2D eigenvalue weighted by atomic mass is 10.0. The summed E-state index contributed by atoms with van der Waals surface area (Å²) in [4.78, 5) is 2.12. The zero-order chi connectivity index (χ0) is 14.6. The van der Waals surface area contributed by atoms with Gasteiger partial charge < -0.3 is 5.32 Å². The minimum Gasteiger partial charge on any atom is -0.314 e. The first-order valence-corrected chi connectivity index (χ1v) is 8.74. The lowest BCUT2D eigenvalue weighted by Crippen LogP contribution is -2.47. The van der Waals surface area contributed by atoms with Crippen LogP contribution in [-0.4, -0.2) is 51.0 Å². The van der Waals surface area contributed by atoms with Crippen LogP contribution in [-0.2, 0) is 9.84 Å². The zero-order valence-electron chi connectivity index (χ0n) is 11.7. The van der Waals surface area contributed by atoms with Crippen LogP contribution in [0.3, 0.4) is 0 Å². The fourth-order valence-corrected chi connectivity index (χ4v) is 3.26. The van der Waals surface area contributed by atoms with Gasteiger partial charge in [-0.15, -0.1) is 0 Å². The summed E-state index contributed by atoms with van der Waals surface area (Å²) in [5.74, 6) is 0.0770. The molecule has 4 nitrogen and oxygen atoms in total. The monoisotopic (exact) mass is 300 g/mol. The molecule has 1 atom stereocenters. The Hall–Kier alpha value is -0.980.